The highest BCUT2D eigenvalue weighted by molar-refractivity contribution is 9.10. The summed E-state index contributed by atoms with van der Waals surface area (Å²) < 4.78 is 54.3. The molecule has 3 N–H and O–H groups in total. The topological polar surface area (TPSA) is 129 Å². The summed E-state index contributed by atoms with van der Waals surface area (Å²) in [5, 5.41) is 7.07. The van der Waals surface area contributed by atoms with Gasteiger partial charge in [0.1, 0.15) is 26.9 Å². The molecule has 38 heavy (non-hydrogen) atoms. The summed E-state index contributed by atoms with van der Waals surface area (Å²) in [6, 6.07) is 6.80. The average Bonchev–Trinajstić information content (AvgIpc) is 3.64. The van der Waals surface area contributed by atoms with Crippen molar-refractivity contribution in [2.45, 2.75) is 26.6 Å². The number of nitrogens with two attached hydrogens (primary N) is 1. The van der Waals surface area contributed by atoms with Crippen LogP contribution in [-0.4, -0.2) is 26.6 Å². The summed E-state index contributed by atoms with van der Waals surface area (Å²) in [4.78, 5) is 28.7. The van der Waals surface area contributed by atoms with Crippen LogP contribution in [0.4, 0.5) is 18.9 Å². The average molecular weight is 608 g/mol. The lowest BCUT2D eigenvalue weighted by molar-refractivity contribution is -0.140. The maximum Gasteiger partial charge on any atom is 0.433 e. The van der Waals surface area contributed by atoms with Crippen LogP contribution in [0.5, 0.6) is 0 Å². The lowest BCUT2D eigenvalue weighted by Crippen LogP contribution is -2.16. The van der Waals surface area contributed by atoms with Crippen LogP contribution in [0.15, 0.2) is 49.9 Å². The Bertz CT molecular complexity index is 1700. The van der Waals surface area contributed by atoms with Crippen LogP contribution in [-0.2, 0) is 12.7 Å². The summed E-state index contributed by atoms with van der Waals surface area (Å²) in [6.45, 7) is 3.98. The number of carbonyl (C=O) groups is 2. The summed E-state index contributed by atoms with van der Waals surface area (Å²) in [5.74, 6) is -1.25. The molecule has 5 rings (SSSR count). The maximum atomic E-state index is 13.6. The molecule has 2 amide bonds. The number of fused-ring (bicyclic) bond motifs is 1. The summed E-state index contributed by atoms with van der Waals surface area (Å²) in [6.07, 6.45) is -3.47. The third kappa shape index (κ3) is 4.60. The lowest BCUT2D eigenvalue weighted by Gasteiger charge is -2.10. The molecule has 14 heteroatoms. The SMILES string of the molecule is Cc1nn(Cc2ccc(C(=O)Nc3c(C(N)=O)sc4nc(C(F)(F)F)cc(-c5ccco5)c34)o2)c(C)c1Br. The second-order valence-corrected chi connectivity index (χ2v) is 10.0. The van der Waals surface area contributed by atoms with Crippen LogP contribution >= 0.6 is 27.3 Å². The van der Waals surface area contributed by atoms with E-state index < -0.39 is 23.7 Å². The highest BCUT2D eigenvalue weighted by atomic mass is 79.9. The van der Waals surface area contributed by atoms with Crippen molar-refractivity contribution in [3.05, 3.63) is 74.5 Å². The van der Waals surface area contributed by atoms with E-state index in [1.165, 1.54) is 24.5 Å². The van der Waals surface area contributed by atoms with Gasteiger partial charge in [-0.3, -0.25) is 14.3 Å². The van der Waals surface area contributed by atoms with Gasteiger partial charge in [-0.2, -0.15) is 18.3 Å². The zero-order valence-electron chi connectivity index (χ0n) is 19.6. The van der Waals surface area contributed by atoms with Gasteiger partial charge >= 0.3 is 6.18 Å². The first kappa shape index (κ1) is 25.7. The number of pyridine rings is 1. The minimum Gasteiger partial charge on any atom is -0.464 e. The lowest BCUT2D eigenvalue weighted by atomic mass is 10.1. The number of alkyl halides is 3. The molecule has 0 bridgehead atoms. The van der Waals surface area contributed by atoms with E-state index in [0.29, 0.717) is 17.1 Å². The zero-order valence-corrected chi connectivity index (χ0v) is 22.0. The van der Waals surface area contributed by atoms with Crippen molar-refractivity contribution in [2.24, 2.45) is 5.73 Å². The Morgan fingerprint density at radius 3 is 2.61 bits per heavy atom. The van der Waals surface area contributed by atoms with Crippen molar-refractivity contribution in [1.82, 2.24) is 14.8 Å². The van der Waals surface area contributed by atoms with Crippen LogP contribution in [0.2, 0.25) is 0 Å². The molecule has 0 aromatic carbocycles. The third-order valence-corrected chi connectivity index (χ3v) is 7.93. The smallest absolute Gasteiger partial charge is 0.433 e. The Hall–Kier alpha value is -3.91. The fourth-order valence-electron chi connectivity index (χ4n) is 3.90. The molecule has 0 radical (unpaired) electrons. The molecule has 0 spiro atoms. The van der Waals surface area contributed by atoms with Gasteiger partial charge in [0.15, 0.2) is 5.76 Å². The van der Waals surface area contributed by atoms with Gasteiger partial charge in [0.05, 0.1) is 34.4 Å². The van der Waals surface area contributed by atoms with Crippen LogP contribution in [0.1, 0.15) is 43.1 Å². The Kier molecular flexibility index (Phi) is 6.39. The predicted octanol–water partition coefficient (Wildman–Crippen LogP) is 6.14. The van der Waals surface area contributed by atoms with E-state index in [0.717, 1.165) is 21.9 Å². The number of anilines is 1. The molecule has 196 valence electrons. The Labute approximate surface area is 224 Å². The van der Waals surface area contributed by atoms with E-state index in [-0.39, 0.29) is 44.4 Å². The molecule has 0 fully saturated rings. The second-order valence-electron chi connectivity index (χ2n) is 8.24. The Morgan fingerprint density at radius 2 is 2.00 bits per heavy atom. The summed E-state index contributed by atoms with van der Waals surface area (Å²) >= 11 is 4.09. The number of nitrogens with one attached hydrogen (secondary N) is 1. The number of carbonyl (C=O) groups excluding carboxylic acids is 2. The largest absolute Gasteiger partial charge is 0.464 e. The fourth-order valence-corrected chi connectivity index (χ4v) is 5.19. The molecule has 0 aliphatic rings. The molecule has 0 unspecified atom stereocenters. The van der Waals surface area contributed by atoms with Gasteiger partial charge in [0.25, 0.3) is 11.8 Å². The van der Waals surface area contributed by atoms with Crippen LogP contribution in [0, 0.1) is 13.8 Å². The van der Waals surface area contributed by atoms with E-state index in [4.69, 9.17) is 14.6 Å². The van der Waals surface area contributed by atoms with Crippen molar-refractivity contribution in [2.75, 3.05) is 5.32 Å². The quantitative estimate of drug-likeness (QED) is 0.238. The number of aryl methyl sites for hydroxylation is 1. The predicted molar refractivity (Wildman–Crippen MR) is 136 cm³/mol. The van der Waals surface area contributed by atoms with Crippen molar-refractivity contribution >= 4 is 55.0 Å². The molecule has 5 aromatic rings. The molecule has 0 saturated carbocycles. The molecular weight excluding hydrogens is 591 g/mol. The Morgan fingerprint density at radius 1 is 1.24 bits per heavy atom. The number of amides is 2. The number of hydrogen-bond donors (Lipinski definition) is 2. The van der Waals surface area contributed by atoms with Gasteiger partial charge in [0.2, 0.25) is 0 Å². The van der Waals surface area contributed by atoms with E-state index in [1.807, 2.05) is 13.8 Å². The van der Waals surface area contributed by atoms with Crippen molar-refractivity contribution in [3.63, 3.8) is 0 Å². The molecule has 5 aromatic heterocycles. The fraction of sp³-hybridized carbons (Fsp3) is 0.167. The van der Waals surface area contributed by atoms with Crippen LogP contribution < -0.4 is 11.1 Å². The van der Waals surface area contributed by atoms with Crippen molar-refractivity contribution in [3.8, 4) is 11.3 Å². The first-order chi connectivity index (χ1) is 17.9. The number of nitrogens with zero attached hydrogens (tertiary/aromatic N) is 3. The number of thiophene rings is 1. The van der Waals surface area contributed by atoms with Gasteiger partial charge in [-0.15, -0.1) is 11.3 Å². The number of primary amides is 1. The Balaban J connectivity index is 1.55. The van der Waals surface area contributed by atoms with Gasteiger partial charge in [-0.25, -0.2) is 4.98 Å². The highest BCUT2D eigenvalue weighted by Gasteiger charge is 2.35. The molecule has 0 saturated heterocycles. The number of halogens is 4. The minimum atomic E-state index is -4.76. The standard InChI is InChI=1S/C24H17BrF3N5O4S/c1-10-18(25)11(2)33(32-10)9-12-5-6-15(37-12)22(35)31-19-17-13(14-4-3-7-36-14)8-16(24(26,27)28)30-23(17)38-20(19)21(29)34/h3-8H,9H2,1-2H3,(H2,29,34)(H,31,35). The highest BCUT2D eigenvalue weighted by Crippen LogP contribution is 2.43. The number of furan rings is 2. The van der Waals surface area contributed by atoms with Gasteiger partial charge in [-0.05, 0) is 60.1 Å². The second kappa shape index (κ2) is 9.44. The molecule has 9 nitrogen and oxygen atoms in total. The van der Waals surface area contributed by atoms with Gasteiger partial charge in [-0.1, -0.05) is 0 Å². The number of aromatic nitrogens is 3. The van der Waals surface area contributed by atoms with E-state index in [1.54, 1.807) is 10.7 Å². The van der Waals surface area contributed by atoms with Crippen molar-refractivity contribution < 1.29 is 31.6 Å². The first-order valence-corrected chi connectivity index (χ1v) is 12.5. The van der Waals surface area contributed by atoms with Crippen LogP contribution in [0.3, 0.4) is 0 Å². The van der Waals surface area contributed by atoms with E-state index in [9.17, 15) is 22.8 Å². The van der Waals surface area contributed by atoms with E-state index in [2.05, 4.69) is 31.3 Å². The van der Waals surface area contributed by atoms with Crippen LogP contribution in [0.25, 0.3) is 21.5 Å². The summed E-state index contributed by atoms with van der Waals surface area (Å²) in [7, 11) is 0. The molecular formula is C24H17BrF3N5O4S. The summed E-state index contributed by atoms with van der Waals surface area (Å²) in [5.41, 5.74) is 5.90. The van der Waals surface area contributed by atoms with E-state index >= 15 is 0 Å². The van der Waals surface area contributed by atoms with Gasteiger partial charge < -0.3 is 19.9 Å². The normalized spacial score (nSPS) is 11.8. The minimum absolute atomic E-state index is 0.0124. The third-order valence-electron chi connectivity index (χ3n) is 5.69. The van der Waals surface area contributed by atoms with Crippen molar-refractivity contribution in [1.29, 1.82) is 0 Å². The zero-order chi connectivity index (χ0) is 27.4. The maximum absolute atomic E-state index is 13.6. The van der Waals surface area contributed by atoms with Gasteiger partial charge in [0, 0.05) is 10.9 Å². The molecule has 0 atom stereocenters. The molecule has 0 aliphatic heterocycles. The number of rotatable bonds is 6. The first-order valence-electron chi connectivity index (χ1n) is 10.9. The number of hydrogen-bond acceptors (Lipinski definition) is 7. The monoisotopic (exact) mass is 607 g/mol. The molecule has 5 heterocycles. The molecule has 0 aliphatic carbocycles.